The fourth-order valence-corrected chi connectivity index (χ4v) is 1.74. The quantitative estimate of drug-likeness (QED) is 0.803. The predicted molar refractivity (Wildman–Crippen MR) is 66.9 cm³/mol. The maximum atomic E-state index is 13.1. The van der Waals surface area contributed by atoms with Crippen LogP contribution >= 0.6 is 0 Å². The summed E-state index contributed by atoms with van der Waals surface area (Å²) in [5.74, 6) is 0.325. The number of anilines is 2. The minimum atomic E-state index is -0.495. The van der Waals surface area contributed by atoms with Gasteiger partial charge in [0.15, 0.2) is 0 Å². The van der Waals surface area contributed by atoms with E-state index in [4.69, 9.17) is 10.2 Å². The molecule has 0 saturated carbocycles. The lowest BCUT2D eigenvalue weighted by atomic mass is 10.2. The van der Waals surface area contributed by atoms with Gasteiger partial charge in [-0.15, -0.1) is 0 Å². The highest BCUT2D eigenvalue weighted by Gasteiger charge is 2.14. The first-order valence-corrected chi connectivity index (χ1v) is 5.40. The fraction of sp³-hybridized carbons (Fsp3) is 0.154. The van der Waals surface area contributed by atoms with Crippen molar-refractivity contribution >= 4 is 17.3 Å². The van der Waals surface area contributed by atoms with Gasteiger partial charge in [0.05, 0.1) is 5.56 Å². The van der Waals surface area contributed by atoms with Crippen LogP contribution in [-0.2, 0) is 0 Å². The predicted octanol–water partition coefficient (Wildman–Crippen LogP) is 2.87. The lowest BCUT2D eigenvalue weighted by Crippen LogP contribution is -2.12. The van der Waals surface area contributed by atoms with Gasteiger partial charge < -0.3 is 15.5 Å². The Kier molecular flexibility index (Phi) is 3.06. The summed E-state index contributed by atoms with van der Waals surface area (Å²) in [6, 6.07) is 5.51. The van der Waals surface area contributed by atoms with Crippen LogP contribution in [0.3, 0.4) is 0 Å². The molecular weight excluding hydrogens is 235 g/mol. The molecule has 94 valence electrons. The Balaban J connectivity index is 2.23. The van der Waals surface area contributed by atoms with Crippen molar-refractivity contribution in [2.75, 3.05) is 11.1 Å². The van der Waals surface area contributed by atoms with E-state index in [-0.39, 0.29) is 11.6 Å². The SMILES string of the molecule is Cc1cc(C(=O)Nc2cc(N)cc(F)c2)c(C)o1. The molecule has 1 heterocycles. The van der Waals surface area contributed by atoms with Crippen LogP contribution < -0.4 is 11.1 Å². The summed E-state index contributed by atoms with van der Waals surface area (Å²) in [7, 11) is 0. The standard InChI is InChI=1S/C13H13FN2O2/c1-7-3-12(8(2)18-7)13(17)16-11-5-9(14)4-10(15)6-11/h3-6H,15H2,1-2H3,(H,16,17). The van der Waals surface area contributed by atoms with E-state index < -0.39 is 5.82 Å². The zero-order chi connectivity index (χ0) is 13.3. The molecule has 1 amide bonds. The number of carbonyl (C=O) groups excluding carboxylic acids is 1. The fourth-order valence-electron chi connectivity index (χ4n) is 1.74. The molecule has 0 spiro atoms. The van der Waals surface area contributed by atoms with Crippen LogP contribution in [0.25, 0.3) is 0 Å². The Labute approximate surface area is 104 Å². The molecule has 0 aliphatic heterocycles. The van der Waals surface area contributed by atoms with Crippen molar-refractivity contribution in [1.82, 2.24) is 0 Å². The number of furan rings is 1. The molecule has 0 aliphatic rings. The maximum Gasteiger partial charge on any atom is 0.259 e. The molecule has 2 rings (SSSR count). The third kappa shape index (κ3) is 2.51. The Bertz CT molecular complexity index is 585. The molecule has 2 aromatic rings. The number of aryl methyl sites for hydroxylation is 2. The van der Waals surface area contributed by atoms with Crippen molar-refractivity contribution in [3.8, 4) is 0 Å². The summed E-state index contributed by atoms with van der Waals surface area (Å²) in [4.78, 5) is 11.9. The summed E-state index contributed by atoms with van der Waals surface area (Å²) in [6.07, 6.45) is 0. The first-order chi connectivity index (χ1) is 8.45. The average Bonchev–Trinajstić information content (AvgIpc) is 2.56. The van der Waals surface area contributed by atoms with Crippen molar-refractivity contribution < 1.29 is 13.6 Å². The van der Waals surface area contributed by atoms with Gasteiger partial charge in [-0.3, -0.25) is 4.79 Å². The molecular formula is C13H13FN2O2. The number of halogens is 1. The number of hydrogen-bond donors (Lipinski definition) is 2. The summed E-state index contributed by atoms with van der Waals surface area (Å²) >= 11 is 0. The number of nitrogens with one attached hydrogen (secondary N) is 1. The minimum absolute atomic E-state index is 0.255. The van der Waals surface area contributed by atoms with Gasteiger partial charge in [0.25, 0.3) is 5.91 Å². The molecule has 0 fully saturated rings. The highest BCUT2D eigenvalue weighted by Crippen LogP contribution is 2.19. The van der Waals surface area contributed by atoms with E-state index in [0.29, 0.717) is 22.8 Å². The molecule has 1 aromatic heterocycles. The van der Waals surface area contributed by atoms with E-state index in [2.05, 4.69) is 5.32 Å². The number of hydrogen-bond acceptors (Lipinski definition) is 3. The smallest absolute Gasteiger partial charge is 0.259 e. The van der Waals surface area contributed by atoms with Gasteiger partial charge in [0.2, 0.25) is 0 Å². The molecule has 0 saturated heterocycles. The van der Waals surface area contributed by atoms with Crippen molar-refractivity contribution in [3.05, 3.63) is 47.2 Å². The van der Waals surface area contributed by atoms with Crippen LogP contribution in [0, 0.1) is 19.7 Å². The Hall–Kier alpha value is -2.30. The van der Waals surface area contributed by atoms with E-state index in [9.17, 15) is 9.18 Å². The molecule has 4 nitrogen and oxygen atoms in total. The van der Waals surface area contributed by atoms with Gasteiger partial charge in [-0.2, -0.15) is 0 Å². The monoisotopic (exact) mass is 248 g/mol. The van der Waals surface area contributed by atoms with Crippen LogP contribution in [0.15, 0.2) is 28.7 Å². The zero-order valence-electron chi connectivity index (χ0n) is 10.1. The summed E-state index contributed by atoms with van der Waals surface area (Å²) in [6.45, 7) is 3.45. The van der Waals surface area contributed by atoms with Gasteiger partial charge in [-0.1, -0.05) is 0 Å². The lowest BCUT2D eigenvalue weighted by Gasteiger charge is -2.05. The molecule has 0 bridgehead atoms. The number of nitrogen functional groups attached to an aromatic ring is 1. The number of amides is 1. The minimum Gasteiger partial charge on any atom is -0.466 e. The van der Waals surface area contributed by atoms with E-state index in [1.165, 1.54) is 18.2 Å². The van der Waals surface area contributed by atoms with Gasteiger partial charge >= 0.3 is 0 Å². The topological polar surface area (TPSA) is 68.3 Å². The number of carbonyl (C=O) groups is 1. The molecule has 0 radical (unpaired) electrons. The highest BCUT2D eigenvalue weighted by molar-refractivity contribution is 6.05. The highest BCUT2D eigenvalue weighted by atomic mass is 19.1. The van der Waals surface area contributed by atoms with Gasteiger partial charge in [0.1, 0.15) is 17.3 Å². The van der Waals surface area contributed by atoms with E-state index in [1.54, 1.807) is 19.9 Å². The first kappa shape index (κ1) is 12.2. The number of rotatable bonds is 2. The summed E-state index contributed by atoms with van der Waals surface area (Å²) in [5, 5.41) is 2.58. The first-order valence-electron chi connectivity index (χ1n) is 5.40. The van der Waals surface area contributed by atoms with Crippen molar-refractivity contribution in [3.63, 3.8) is 0 Å². The van der Waals surface area contributed by atoms with E-state index >= 15 is 0 Å². The number of nitrogens with two attached hydrogens (primary N) is 1. The normalized spacial score (nSPS) is 10.4. The van der Waals surface area contributed by atoms with Gasteiger partial charge in [0, 0.05) is 11.4 Å². The van der Waals surface area contributed by atoms with Crippen LogP contribution in [0.5, 0.6) is 0 Å². The van der Waals surface area contributed by atoms with Crippen molar-refractivity contribution in [2.24, 2.45) is 0 Å². The second-order valence-electron chi connectivity index (χ2n) is 4.05. The Morgan fingerprint density at radius 3 is 2.56 bits per heavy atom. The Morgan fingerprint density at radius 2 is 2.00 bits per heavy atom. The van der Waals surface area contributed by atoms with E-state index in [1.807, 2.05) is 0 Å². The van der Waals surface area contributed by atoms with Crippen LogP contribution in [0.1, 0.15) is 21.9 Å². The van der Waals surface area contributed by atoms with Gasteiger partial charge in [-0.05, 0) is 38.1 Å². The Morgan fingerprint density at radius 1 is 1.28 bits per heavy atom. The third-order valence-electron chi connectivity index (χ3n) is 2.46. The molecule has 18 heavy (non-hydrogen) atoms. The maximum absolute atomic E-state index is 13.1. The second kappa shape index (κ2) is 4.52. The zero-order valence-corrected chi connectivity index (χ0v) is 10.1. The van der Waals surface area contributed by atoms with E-state index in [0.717, 1.165) is 0 Å². The molecule has 3 N–H and O–H groups in total. The van der Waals surface area contributed by atoms with Gasteiger partial charge in [-0.25, -0.2) is 4.39 Å². The third-order valence-corrected chi connectivity index (χ3v) is 2.46. The molecule has 0 aliphatic carbocycles. The largest absolute Gasteiger partial charge is 0.466 e. The lowest BCUT2D eigenvalue weighted by molar-refractivity contribution is 0.102. The summed E-state index contributed by atoms with van der Waals surface area (Å²) < 4.78 is 18.4. The molecule has 1 aromatic carbocycles. The molecule has 0 atom stereocenters. The average molecular weight is 248 g/mol. The van der Waals surface area contributed by atoms with Crippen molar-refractivity contribution in [1.29, 1.82) is 0 Å². The van der Waals surface area contributed by atoms with Crippen LogP contribution in [0.2, 0.25) is 0 Å². The van der Waals surface area contributed by atoms with Crippen LogP contribution in [0.4, 0.5) is 15.8 Å². The molecule has 0 unspecified atom stereocenters. The number of benzene rings is 1. The van der Waals surface area contributed by atoms with Crippen molar-refractivity contribution in [2.45, 2.75) is 13.8 Å². The second-order valence-corrected chi connectivity index (χ2v) is 4.05. The van der Waals surface area contributed by atoms with Crippen LogP contribution in [-0.4, -0.2) is 5.91 Å². The summed E-state index contributed by atoms with van der Waals surface area (Å²) in [5.41, 5.74) is 6.49. The molecule has 5 heteroatoms.